The van der Waals surface area contributed by atoms with E-state index in [4.69, 9.17) is 5.11 Å². The second-order valence-corrected chi connectivity index (χ2v) is 4.77. The minimum atomic E-state index is -0.696. The molecule has 104 valence electrons. The summed E-state index contributed by atoms with van der Waals surface area (Å²) < 4.78 is 0. The molecule has 0 heterocycles. The molecule has 3 N–H and O–H groups in total. The maximum Gasteiger partial charge on any atom is 0.313 e. The first-order chi connectivity index (χ1) is 8.93. The monoisotopic (exact) mass is 264 g/mol. The van der Waals surface area contributed by atoms with Crippen LogP contribution in [0.2, 0.25) is 0 Å². The number of hydrogen-bond acceptors (Lipinski definition) is 3. The van der Waals surface area contributed by atoms with Gasteiger partial charge in [-0.05, 0) is 37.0 Å². The van der Waals surface area contributed by atoms with E-state index in [2.05, 4.69) is 10.6 Å². The fourth-order valence-electron chi connectivity index (χ4n) is 1.46. The average Bonchev–Trinajstić information content (AvgIpc) is 2.39. The van der Waals surface area contributed by atoms with Crippen molar-refractivity contribution in [3.05, 3.63) is 29.3 Å². The van der Waals surface area contributed by atoms with Crippen LogP contribution in [0.3, 0.4) is 0 Å². The van der Waals surface area contributed by atoms with Crippen molar-refractivity contribution in [2.45, 2.75) is 20.8 Å². The molecule has 2 amide bonds. The van der Waals surface area contributed by atoms with Crippen molar-refractivity contribution < 1.29 is 14.7 Å². The van der Waals surface area contributed by atoms with Crippen molar-refractivity contribution in [3.8, 4) is 0 Å². The average molecular weight is 264 g/mol. The quantitative estimate of drug-likeness (QED) is 0.709. The first kappa shape index (κ1) is 15.2. The fraction of sp³-hybridized carbons (Fsp3) is 0.429. The SMILES string of the molecule is Cc1ccc(C)c(NC(=O)C(=O)NCC(C)CO)c1. The predicted octanol–water partition coefficient (Wildman–Crippen LogP) is 0.987. The van der Waals surface area contributed by atoms with Gasteiger partial charge in [0.05, 0.1) is 0 Å². The Hall–Kier alpha value is -1.88. The lowest BCUT2D eigenvalue weighted by Crippen LogP contribution is -2.38. The number of aliphatic hydroxyl groups excluding tert-OH is 1. The molecule has 1 atom stereocenters. The zero-order valence-corrected chi connectivity index (χ0v) is 11.5. The molecular weight excluding hydrogens is 244 g/mol. The molecule has 1 unspecified atom stereocenters. The van der Waals surface area contributed by atoms with Crippen LogP contribution in [0.25, 0.3) is 0 Å². The predicted molar refractivity (Wildman–Crippen MR) is 73.8 cm³/mol. The zero-order valence-electron chi connectivity index (χ0n) is 11.5. The molecule has 1 aromatic rings. The summed E-state index contributed by atoms with van der Waals surface area (Å²) in [6.45, 7) is 5.80. The highest BCUT2D eigenvalue weighted by Gasteiger charge is 2.15. The number of carbonyl (C=O) groups is 2. The second kappa shape index (κ2) is 6.89. The first-order valence-corrected chi connectivity index (χ1v) is 6.21. The molecule has 0 aliphatic carbocycles. The normalized spacial score (nSPS) is 11.8. The highest BCUT2D eigenvalue weighted by Crippen LogP contribution is 2.15. The van der Waals surface area contributed by atoms with Gasteiger partial charge in [0.2, 0.25) is 0 Å². The van der Waals surface area contributed by atoms with Gasteiger partial charge >= 0.3 is 11.8 Å². The fourth-order valence-corrected chi connectivity index (χ4v) is 1.46. The van der Waals surface area contributed by atoms with Crippen molar-refractivity contribution in [1.82, 2.24) is 5.32 Å². The summed E-state index contributed by atoms with van der Waals surface area (Å²) in [6, 6.07) is 5.64. The Morgan fingerprint density at radius 1 is 1.26 bits per heavy atom. The van der Waals surface area contributed by atoms with E-state index in [1.54, 1.807) is 6.92 Å². The Morgan fingerprint density at radius 2 is 1.95 bits per heavy atom. The standard InChI is InChI=1S/C14H20N2O3/c1-9-4-5-11(3)12(6-9)16-14(19)13(18)15-7-10(2)8-17/h4-6,10,17H,7-8H2,1-3H3,(H,15,18)(H,16,19). The van der Waals surface area contributed by atoms with Gasteiger partial charge in [0.25, 0.3) is 0 Å². The lowest BCUT2D eigenvalue weighted by atomic mass is 10.1. The highest BCUT2D eigenvalue weighted by atomic mass is 16.3. The number of carbonyl (C=O) groups excluding carboxylic acids is 2. The maximum absolute atomic E-state index is 11.7. The summed E-state index contributed by atoms with van der Waals surface area (Å²) in [6.07, 6.45) is 0. The van der Waals surface area contributed by atoms with E-state index < -0.39 is 11.8 Å². The number of benzene rings is 1. The number of hydrogen-bond donors (Lipinski definition) is 3. The summed E-state index contributed by atoms with van der Waals surface area (Å²) in [5.74, 6) is -1.46. The molecule has 1 rings (SSSR count). The Kier molecular flexibility index (Phi) is 5.51. The summed E-state index contributed by atoms with van der Waals surface area (Å²) in [5, 5.41) is 13.9. The van der Waals surface area contributed by atoms with Gasteiger partial charge in [-0.25, -0.2) is 0 Å². The van der Waals surface area contributed by atoms with Crippen LogP contribution in [0.1, 0.15) is 18.1 Å². The van der Waals surface area contributed by atoms with E-state index in [0.29, 0.717) is 5.69 Å². The number of aryl methyl sites for hydroxylation is 2. The van der Waals surface area contributed by atoms with E-state index in [-0.39, 0.29) is 19.1 Å². The number of nitrogens with one attached hydrogen (secondary N) is 2. The van der Waals surface area contributed by atoms with Crippen LogP contribution in [0.4, 0.5) is 5.69 Å². The molecule has 0 saturated heterocycles. The van der Waals surface area contributed by atoms with Crippen LogP contribution in [-0.2, 0) is 9.59 Å². The summed E-state index contributed by atoms with van der Waals surface area (Å²) >= 11 is 0. The van der Waals surface area contributed by atoms with Crippen LogP contribution >= 0.6 is 0 Å². The molecular formula is C14H20N2O3. The number of rotatable bonds is 4. The molecule has 19 heavy (non-hydrogen) atoms. The molecule has 0 spiro atoms. The van der Waals surface area contributed by atoms with Gasteiger partial charge in [-0.15, -0.1) is 0 Å². The van der Waals surface area contributed by atoms with Crippen LogP contribution in [0.5, 0.6) is 0 Å². The molecule has 0 aliphatic heterocycles. The molecule has 0 fully saturated rings. The van der Waals surface area contributed by atoms with Crippen LogP contribution in [0, 0.1) is 19.8 Å². The molecule has 1 aromatic carbocycles. The Balaban J connectivity index is 2.59. The minimum absolute atomic E-state index is 0.0289. The summed E-state index contributed by atoms with van der Waals surface area (Å²) in [7, 11) is 0. The summed E-state index contributed by atoms with van der Waals surface area (Å²) in [4.78, 5) is 23.3. The number of anilines is 1. The van der Waals surface area contributed by atoms with Gasteiger partial charge in [-0.3, -0.25) is 9.59 Å². The van der Waals surface area contributed by atoms with Gasteiger partial charge in [0, 0.05) is 18.8 Å². The topological polar surface area (TPSA) is 78.4 Å². The van der Waals surface area contributed by atoms with Crippen LogP contribution in [0.15, 0.2) is 18.2 Å². The third-order valence-electron chi connectivity index (χ3n) is 2.77. The molecule has 0 saturated carbocycles. The lowest BCUT2D eigenvalue weighted by molar-refractivity contribution is -0.136. The molecule has 5 nitrogen and oxygen atoms in total. The molecule has 0 aliphatic rings. The second-order valence-electron chi connectivity index (χ2n) is 4.77. The lowest BCUT2D eigenvalue weighted by Gasteiger charge is -2.11. The summed E-state index contributed by atoms with van der Waals surface area (Å²) in [5.41, 5.74) is 2.54. The van der Waals surface area contributed by atoms with Crippen LogP contribution in [-0.4, -0.2) is 30.1 Å². The molecule has 0 radical (unpaired) electrons. The number of amides is 2. The van der Waals surface area contributed by atoms with Crippen molar-refractivity contribution in [3.63, 3.8) is 0 Å². The Bertz CT molecular complexity index is 472. The van der Waals surface area contributed by atoms with Gasteiger partial charge in [-0.1, -0.05) is 19.1 Å². The largest absolute Gasteiger partial charge is 0.396 e. The molecule has 0 bridgehead atoms. The molecule has 0 aromatic heterocycles. The first-order valence-electron chi connectivity index (χ1n) is 6.21. The van der Waals surface area contributed by atoms with Crippen molar-refractivity contribution >= 4 is 17.5 Å². The van der Waals surface area contributed by atoms with E-state index in [1.165, 1.54) is 0 Å². The van der Waals surface area contributed by atoms with E-state index in [1.807, 2.05) is 32.0 Å². The Morgan fingerprint density at radius 3 is 2.58 bits per heavy atom. The smallest absolute Gasteiger partial charge is 0.313 e. The van der Waals surface area contributed by atoms with Gasteiger partial charge in [0.15, 0.2) is 0 Å². The highest BCUT2D eigenvalue weighted by molar-refractivity contribution is 6.39. The van der Waals surface area contributed by atoms with E-state index in [9.17, 15) is 9.59 Å². The van der Waals surface area contributed by atoms with Crippen molar-refractivity contribution in [2.24, 2.45) is 5.92 Å². The van der Waals surface area contributed by atoms with E-state index >= 15 is 0 Å². The van der Waals surface area contributed by atoms with Crippen LogP contribution < -0.4 is 10.6 Å². The van der Waals surface area contributed by atoms with Crippen molar-refractivity contribution in [2.75, 3.05) is 18.5 Å². The minimum Gasteiger partial charge on any atom is -0.396 e. The van der Waals surface area contributed by atoms with Gasteiger partial charge in [0.1, 0.15) is 0 Å². The Labute approximate surface area is 113 Å². The number of aliphatic hydroxyl groups is 1. The zero-order chi connectivity index (χ0) is 14.4. The molecule has 5 heteroatoms. The third kappa shape index (κ3) is 4.71. The maximum atomic E-state index is 11.7. The third-order valence-corrected chi connectivity index (χ3v) is 2.77. The van der Waals surface area contributed by atoms with E-state index in [0.717, 1.165) is 11.1 Å². The van der Waals surface area contributed by atoms with Gasteiger partial charge < -0.3 is 15.7 Å². The van der Waals surface area contributed by atoms with Gasteiger partial charge in [-0.2, -0.15) is 0 Å². The van der Waals surface area contributed by atoms with Crippen molar-refractivity contribution in [1.29, 1.82) is 0 Å².